The topological polar surface area (TPSA) is 30.5 Å². The summed E-state index contributed by atoms with van der Waals surface area (Å²) in [6, 6.07) is 14.4. The molecule has 1 aliphatic rings. The second-order valence-electron chi connectivity index (χ2n) is 5.27. The Bertz CT molecular complexity index is 630. The monoisotopic (exact) mass is 303 g/mol. The Morgan fingerprint density at radius 2 is 1.95 bits per heavy atom. The number of ether oxygens (including phenoxy) is 2. The number of hydrogen-bond acceptors (Lipinski definition) is 3. The van der Waals surface area contributed by atoms with Gasteiger partial charge in [0, 0.05) is 17.6 Å². The van der Waals surface area contributed by atoms with E-state index in [1.807, 2.05) is 30.3 Å². The highest BCUT2D eigenvalue weighted by atomic mass is 35.5. The van der Waals surface area contributed by atoms with E-state index in [1.165, 1.54) is 11.1 Å². The van der Waals surface area contributed by atoms with Gasteiger partial charge in [0.1, 0.15) is 0 Å². The SMILES string of the molecule is CC(Cc1ccccc1Cl)NCc1ccc2c(c1)OCO2. The molecule has 4 heteroatoms. The average molecular weight is 304 g/mol. The number of nitrogens with one attached hydrogen (secondary N) is 1. The number of hydrogen-bond donors (Lipinski definition) is 1. The van der Waals surface area contributed by atoms with E-state index in [-0.39, 0.29) is 0 Å². The first kappa shape index (κ1) is 14.2. The molecule has 0 bridgehead atoms. The van der Waals surface area contributed by atoms with Crippen molar-refractivity contribution in [1.82, 2.24) is 5.32 Å². The standard InChI is InChI=1S/C17H18ClNO2/c1-12(8-14-4-2-3-5-15(14)18)19-10-13-6-7-16-17(9-13)21-11-20-16/h2-7,9,12,19H,8,10-11H2,1H3. The lowest BCUT2D eigenvalue weighted by Gasteiger charge is -2.15. The van der Waals surface area contributed by atoms with Gasteiger partial charge in [-0.2, -0.15) is 0 Å². The number of fused-ring (bicyclic) bond motifs is 1. The molecule has 0 aromatic heterocycles. The van der Waals surface area contributed by atoms with Gasteiger partial charge in [-0.3, -0.25) is 0 Å². The maximum atomic E-state index is 6.19. The van der Waals surface area contributed by atoms with Crippen LogP contribution in [0, 0.1) is 0 Å². The molecule has 21 heavy (non-hydrogen) atoms. The van der Waals surface area contributed by atoms with Crippen LogP contribution in [-0.2, 0) is 13.0 Å². The molecular formula is C17H18ClNO2. The van der Waals surface area contributed by atoms with Gasteiger partial charge in [-0.15, -0.1) is 0 Å². The van der Waals surface area contributed by atoms with E-state index >= 15 is 0 Å². The third-order valence-corrected chi connectivity index (χ3v) is 3.94. The molecule has 3 nitrogen and oxygen atoms in total. The van der Waals surface area contributed by atoms with E-state index in [0.717, 1.165) is 29.5 Å². The zero-order valence-corrected chi connectivity index (χ0v) is 12.7. The Balaban J connectivity index is 1.56. The van der Waals surface area contributed by atoms with Crippen molar-refractivity contribution in [3.05, 3.63) is 58.6 Å². The van der Waals surface area contributed by atoms with E-state index in [9.17, 15) is 0 Å². The van der Waals surface area contributed by atoms with E-state index in [1.54, 1.807) is 0 Å². The Labute approximate surface area is 129 Å². The van der Waals surface area contributed by atoms with Gasteiger partial charge in [0.05, 0.1) is 0 Å². The molecule has 1 heterocycles. The summed E-state index contributed by atoms with van der Waals surface area (Å²) in [5, 5.41) is 4.34. The van der Waals surface area contributed by atoms with E-state index in [4.69, 9.17) is 21.1 Å². The third-order valence-electron chi connectivity index (χ3n) is 3.58. The van der Waals surface area contributed by atoms with Gasteiger partial charge in [-0.05, 0) is 42.7 Å². The quantitative estimate of drug-likeness (QED) is 0.911. The van der Waals surface area contributed by atoms with Crippen molar-refractivity contribution < 1.29 is 9.47 Å². The van der Waals surface area contributed by atoms with Gasteiger partial charge < -0.3 is 14.8 Å². The summed E-state index contributed by atoms with van der Waals surface area (Å²) in [6.07, 6.45) is 0.907. The summed E-state index contributed by atoms with van der Waals surface area (Å²) >= 11 is 6.19. The first-order valence-corrected chi connectivity index (χ1v) is 7.45. The molecule has 3 rings (SSSR count). The summed E-state index contributed by atoms with van der Waals surface area (Å²) in [5.41, 5.74) is 2.36. The van der Waals surface area contributed by atoms with Crippen molar-refractivity contribution in [1.29, 1.82) is 0 Å². The largest absolute Gasteiger partial charge is 0.454 e. The van der Waals surface area contributed by atoms with Crippen LogP contribution in [0.5, 0.6) is 11.5 Å². The highest BCUT2D eigenvalue weighted by molar-refractivity contribution is 6.31. The lowest BCUT2D eigenvalue weighted by molar-refractivity contribution is 0.174. The molecule has 2 aromatic carbocycles. The molecule has 1 atom stereocenters. The summed E-state index contributed by atoms with van der Waals surface area (Å²) in [5.74, 6) is 1.65. The van der Waals surface area contributed by atoms with Crippen LogP contribution in [0.15, 0.2) is 42.5 Å². The Morgan fingerprint density at radius 3 is 2.81 bits per heavy atom. The first-order chi connectivity index (χ1) is 10.2. The predicted octanol–water partition coefficient (Wildman–Crippen LogP) is 3.79. The van der Waals surface area contributed by atoms with Crippen LogP contribution in [0.2, 0.25) is 5.02 Å². The van der Waals surface area contributed by atoms with Crippen molar-refractivity contribution >= 4 is 11.6 Å². The maximum Gasteiger partial charge on any atom is 0.231 e. The van der Waals surface area contributed by atoms with E-state index in [0.29, 0.717) is 12.8 Å². The zero-order chi connectivity index (χ0) is 14.7. The van der Waals surface area contributed by atoms with Crippen molar-refractivity contribution in [3.8, 4) is 11.5 Å². The lowest BCUT2D eigenvalue weighted by Crippen LogP contribution is -2.27. The van der Waals surface area contributed by atoms with Gasteiger partial charge in [0.25, 0.3) is 0 Å². The highest BCUT2D eigenvalue weighted by Crippen LogP contribution is 2.32. The van der Waals surface area contributed by atoms with Crippen LogP contribution in [-0.4, -0.2) is 12.8 Å². The van der Waals surface area contributed by atoms with E-state index in [2.05, 4.69) is 24.4 Å². The zero-order valence-electron chi connectivity index (χ0n) is 11.9. The van der Waals surface area contributed by atoms with Crippen molar-refractivity contribution in [2.45, 2.75) is 25.9 Å². The summed E-state index contributed by atoms with van der Waals surface area (Å²) in [6.45, 7) is 3.27. The molecule has 0 amide bonds. The smallest absolute Gasteiger partial charge is 0.231 e. The molecule has 0 spiro atoms. The molecule has 0 saturated carbocycles. The average Bonchev–Trinajstić information content (AvgIpc) is 2.95. The van der Waals surface area contributed by atoms with Crippen molar-refractivity contribution in [2.24, 2.45) is 0 Å². The number of rotatable bonds is 5. The Morgan fingerprint density at radius 1 is 1.14 bits per heavy atom. The molecule has 1 N–H and O–H groups in total. The van der Waals surface area contributed by atoms with Gasteiger partial charge in [-0.25, -0.2) is 0 Å². The second kappa shape index (κ2) is 6.37. The molecule has 0 saturated heterocycles. The fourth-order valence-electron chi connectivity index (χ4n) is 2.41. The van der Waals surface area contributed by atoms with Gasteiger partial charge in [0.2, 0.25) is 6.79 Å². The third kappa shape index (κ3) is 3.49. The minimum Gasteiger partial charge on any atom is -0.454 e. The molecule has 0 radical (unpaired) electrons. The molecule has 0 aliphatic carbocycles. The van der Waals surface area contributed by atoms with E-state index < -0.39 is 0 Å². The maximum absolute atomic E-state index is 6.19. The van der Waals surface area contributed by atoms with Crippen LogP contribution in [0.3, 0.4) is 0 Å². The van der Waals surface area contributed by atoms with Crippen LogP contribution < -0.4 is 14.8 Å². The fourth-order valence-corrected chi connectivity index (χ4v) is 2.62. The molecular weight excluding hydrogens is 286 g/mol. The minimum absolute atomic E-state index is 0.315. The van der Waals surface area contributed by atoms with Crippen LogP contribution in [0.4, 0.5) is 0 Å². The molecule has 2 aromatic rings. The summed E-state index contributed by atoms with van der Waals surface area (Å²) in [4.78, 5) is 0. The molecule has 110 valence electrons. The second-order valence-corrected chi connectivity index (χ2v) is 5.67. The van der Waals surface area contributed by atoms with Crippen LogP contribution in [0.1, 0.15) is 18.1 Å². The molecule has 0 fully saturated rings. The first-order valence-electron chi connectivity index (χ1n) is 7.07. The summed E-state index contributed by atoms with van der Waals surface area (Å²) in [7, 11) is 0. The minimum atomic E-state index is 0.315. The van der Waals surface area contributed by atoms with Crippen molar-refractivity contribution in [2.75, 3.05) is 6.79 Å². The normalized spacial score (nSPS) is 14.2. The van der Waals surface area contributed by atoms with Crippen molar-refractivity contribution in [3.63, 3.8) is 0 Å². The van der Waals surface area contributed by atoms with Crippen LogP contribution in [0.25, 0.3) is 0 Å². The van der Waals surface area contributed by atoms with Gasteiger partial charge in [0.15, 0.2) is 11.5 Å². The highest BCUT2D eigenvalue weighted by Gasteiger charge is 2.13. The molecule has 1 unspecified atom stereocenters. The van der Waals surface area contributed by atoms with Crippen LogP contribution >= 0.6 is 11.6 Å². The number of halogens is 1. The fraction of sp³-hybridized carbons (Fsp3) is 0.294. The predicted molar refractivity (Wildman–Crippen MR) is 84.0 cm³/mol. The molecule has 1 aliphatic heterocycles. The Hall–Kier alpha value is -1.71. The van der Waals surface area contributed by atoms with Gasteiger partial charge in [-0.1, -0.05) is 35.9 Å². The number of benzene rings is 2. The summed E-state index contributed by atoms with van der Waals surface area (Å²) < 4.78 is 10.7. The van der Waals surface area contributed by atoms with Gasteiger partial charge >= 0.3 is 0 Å². The Kier molecular flexibility index (Phi) is 4.32. The lowest BCUT2D eigenvalue weighted by atomic mass is 10.1.